The second kappa shape index (κ2) is 593. The van der Waals surface area contributed by atoms with Crippen molar-refractivity contribution in [3.05, 3.63) is 0 Å². The summed E-state index contributed by atoms with van der Waals surface area (Å²) < 4.78 is 0. The van der Waals surface area contributed by atoms with Crippen LogP contribution in [0.25, 0.3) is 0 Å². The van der Waals surface area contributed by atoms with Crippen LogP contribution in [0.15, 0.2) is 0 Å². The maximum absolute atomic E-state index is 0. The van der Waals surface area contributed by atoms with Crippen LogP contribution in [0.2, 0.25) is 0 Å². The molecule has 80 radical (unpaired) electrons. The van der Waals surface area contributed by atoms with E-state index in [1.54, 1.807) is 0 Å². The van der Waals surface area contributed by atoms with Crippen molar-refractivity contribution in [3.63, 3.8) is 0 Å². The second-order valence-electron chi connectivity index (χ2n) is 0. The van der Waals surface area contributed by atoms with Crippen molar-refractivity contribution in [2.24, 2.45) is 0 Å². The Morgan fingerprint density at radius 3 is 0.0125 bits per heavy atom. The summed E-state index contributed by atoms with van der Waals surface area (Å²) in [7, 11) is 0. The Labute approximate surface area is 2510 Å². The maximum atomic E-state index is 0. The van der Waals surface area contributed by atoms with Crippen LogP contribution in [0.4, 0.5) is 0 Å². The van der Waals surface area contributed by atoms with Crippen molar-refractivity contribution in [3.8, 4) is 0 Å². The molecule has 0 amide bonds. The third kappa shape index (κ3) is 583. The Bertz CT molecular complexity index is 0. The number of hydrogen-bond donors (Lipinski definition) is 0. The fourth-order valence-electron chi connectivity index (χ4n) is 0. The first-order valence-corrected chi connectivity index (χ1v) is 0. The molecule has 0 spiro atoms. The molecule has 0 saturated heterocycles. The predicted octanol–water partition coefficient (Wildman–Crippen LogP) is -0.200. The summed E-state index contributed by atoms with van der Waals surface area (Å²) >= 11 is 0. The molecule has 0 saturated carbocycles. The minimum Gasteiger partial charge on any atom is 0 e. The summed E-state index contributed by atoms with van der Waals surface area (Å²) in [6, 6.07) is 0. The standard InChI is InChI=1S/80Y. The van der Waals surface area contributed by atoms with Crippen LogP contribution in [0.5, 0.6) is 0 Å². The SMILES string of the molecule is [Y].[Y].[Y].[Y].[Y].[Y].[Y].[Y].[Y].[Y].[Y].[Y].[Y].[Y].[Y].[Y].[Y].[Y].[Y].[Y].[Y].[Y].[Y].[Y].[Y].[Y].[Y].[Y].[Y].[Y].[Y].[Y].[Y].[Y].[Y].[Y].[Y].[Y].[Y].[Y].[Y].[Y].[Y].[Y].[Y].[Y].[Y].[Y].[Y].[Y].[Y].[Y].[Y].[Y].[Y].[Y].[Y].[Y].[Y].[Y].[Y].[Y].[Y].[Y].[Y].[Y].[Y].[Y].[Y].[Y].[Y].[Y].[Y].[Y].[Y].[Y].[Y].[Y].[Y].[Y]. The molecule has 0 unspecified atom stereocenters. The van der Waals surface area contributed by atoms with E-state index in [2.05, 4.69) is 0 Å². The topological polar surface area (TPSA) is 0 Å². The molecule has 0 atom stereocenters. The van der Waals surface area contributed by atoms with Gasteiger partial charge in [-0.3, -0.25) is 0 Å². The van der Waals surface area contributed by atoms with Gasteiger partial charge in [0, 0.05) is 2620 Å². The fraction of sp³-hybridized carbons (Fsp3) is 0. The van der Waals surface area contributed by atoms with Crippen molar-refractivity contribution < 1.29 is 2620 Å². The van der Waals surface area contributed by atoms with Gasteiger partial charge in [-0.05, 0) is 0 Å². The van der Waals surface area contributed by atoms with Gasteiger partial charge in [-0.2, -0.15) is 0 Å². The molecule has 0 aromatic rings. The van der Waals surface area contributed by atoms with Gasteiger partial charge in [0.2, 0.25) is 0 Å². The molecule has 0 nitrogen and oxygen atoms in total. The summed E-state index contributed by atoms with van der Waals surface area (Å²) in [5.74, 6) is 0. The summed E-state index contributed by atoms with van der Waals surface area (Å²) in [6.45, 7) is 0. The van der Waals surface area contributed by atoms with E-state index in [0.717, 1.165) is 0 Å². The smallest absolute Gasteiger partial charge is 0 e. The summed E-state index contributed by atoms with van der Waals surface area (Å²) in [4.78, 5) is 0. The Morgan fingerprint density at radius 2 is 0.0125 bits per heavy atom. The van der Waals surface area contributed by atoms with Gasteiger partial charge in [0.1, 0.15) is 0 Å². The van der Waals surface area contributed by atoms with Gasteiger partial charge >= 0.3 is 0 Å². The molecular weight excluding hydrogens is 7110 g/mol. The monoisotopic (exact) mass is 7110 g/mol. The minimum absolute atomic E-state index is 0. The molecule has 0 aliphatic carbocycles. The van der Waals surface area contributed by atoms with Gasteiger partial charge in [0.25, 0.3) is 0 Å². The van der Waals surface area contributed by atoms with E-state index < -0.39 is 0 Å². The van der Waals surface area contributed by atoms with Crippen LogP contribution in [-0.2, 0) is 2620 Å². The van der Waals surface area contributed by atoms with Crippen LogP contribution in [0.1, 0.15) is 0 Å². The predicted molar refractivity (Wildman–Crippen MR) is 0 cm³/mol. The van der Waals surface area contributed by atoms with Gasteiger partial charge in [-0.1, -0.05) is 0 Å². The quantitative estimate of drug-likeness (QED) is 0.316. The van der Waals surface area contributed by atoms with Gasteiger partial charge < -0.3 is 0 Å². The van der Waals surface area contributed by atoms with Gasteiger partial charge in [0.05, 0.1) is 0 Å². The van der Waals surface area contributed by atoms with Crippen molar-refractivity contribution in [2.75, 3.05) is 0 Å². The van der Waals surface area contributed by atoms with E-state index in [9.17, 15) is 0 Å². The van der Waals surface area contributed by atoms with Crippen LogP contribution >= 0.6 is 0 Å². The molecule has 0 bridgehead atoms. The molecule has 240 valence electrons. The van der Waals surface area contributed by atoms with E-state index in [4.69, 9.17) is 0 Å². The Balaban J connectivity index is 0. The maximum Gasteiger partial charge on any atom is 0 e. The number of rotatable bonds is 0. The molecule has 0 heterocycles. The van der Waals surface area contributed by atoms with Crippen molar-refractivity contribution in [1.82, 2.24) is 0 Å². The van der Waals surface area contributed by atoms with E-state index in [0.29, 0.717) is 0 Å². The first-order chi connectivity index (χ1) is 0. The molecule has 0 aromatic heterocycles. The largest absolute Gasteiger partial charge is 0 e. The molecule has 80 heteroatoms. The number of hydrogen-bond acceptors (Lipinski definition) is 0. The van der Waals surface area contributed by atoms with Crippen LogP contribution in [0.3, 0.4) is 0 Å². The second-order valence-corrected chi connectivity index (χ2v) is 0. The van der Waals surface area contributed by atoms with Crippen LogP contribution in [-0.4, -0.2) is 0 Å². The average molecular weight is 7110 g/mol. The zero-order valence-electron chi connectivity index (χ0n) is 46.2. The molecule has 0 fully saturated rings. The molecule has 80 heavy (non-hydrogen) atoms. The normalized spacial score (nSPS) is 0. The van der Waals surface area contributed by atoms with Gasteiger partial charge in [-0.15, -0.1) is 0 Å². The molecule has 0 aliphatic heterocycles. The van der Waals surface area contributed by atoms with Gasteiger partial charge in [0.15, 0.2) is 0 Å². The third-order valence-corrected chi connectivity index (χ3v) is 0. The molecule has 0 aromatic carbocycles. The Hall–Kier alpha value is 88.3. The van der Waals surface area contributed by atoms with Crippen molar-refractivity contribution >= 4 is 0 Å². The summed E-state index contributed by atoms with van der Waals surface area (Å²) in [5, 5.41) is 0. The third-order valence-electron chi connectivity index (χ3n) is 0. The van der Waals surface area contributed by atoms with Gasteiger partial charge in [-0.25, -0.2) is 0 Å². The van der Waals surface area contributed by atoms with E-state index in [-0.39, 0.29) is 2620 Å². The van der Waals surface area contributed by atoms with Crippen LogP contribution in [0, 0.1) is 0 Å². The molecular formula is Y80. The summed E-state index contributed by atoms with van der Waals surface area (Å²) in [5.41, 5.74) is 0. The zero-order valence-corrected chi connectivity index (χ0v) is 273. The van der Waals surface area contributed by atoms with Crippen LogP contribution < -0.4 is 0 Å². The molecule has 0 rings (SSSR count). The summed E-state index contributed by atoms with van der Waals surface area (Å²) in [6.07, 6.45) is 0. The molecule has 0 aliphatic rings. The van der Waals surface area contributed by atoms with E-state index in [1.807, 2.05) is 0 Å². The average Bonchev–Trinajstić information content (AvgIpc) is 0. The first kappa shape index (κ1) is 604. The first-order valence-electron chi connectivity index (χ1n) is 0. The van der Waals surface area contributed by atoms with Crippen molar-refractivity contribution in [2.45, 2.75) is 0 Å². The van der Waals surface area contributed by atoms with Crippen molar-refractivity contribution in [1.29, 1.82) is 0 Å². The molecule has 0 N–H and O–H groups in total. The van der Waals surface area contributed by atoms with E-state index in [1.165, 1.54) is 0 Å². The Kier molecular flexibility index (Phi) is 4480. The fourth-order valence-corrected chi connectivity index (χ4v) is 0. The minimum atomic E-state index is 0. The Morgan fingerprint density at radius 1 is 0.0125 bits per heavy atom. The van der Waals surface area contributed by atoms with E-state index >= 15 is 0 Å². The zero-order chi connectivity index (χ0) is 0.